The number of aromatic amines is 1. The number of hydrogen-bond acceptors (Lipinski definition) is 5. The molecule has 0 unspecified atom stereocenters. The molecular formula is C16H15F3N6. The average molecular weight is 348 g/mol. The van der Waals surface area contributed by atoms with Crippen LogP contribution < -0.4 is 10.2 Å². The number of H-pyrrole nitrogens is 1. The molecule has 0 aliphatic carbocycles. The lowest BCUT2D eigenvalue weighted by Gasteiger charge is -2.29. The first-order valence-corrected chi connectivity index (χ1v) is 7.87. The second-order valence-electron chi connectivity index (χ2n) is 5.77. The summed E-state index contributed by atoms with van der Waals surface area (Å²) in [5, 5.41) is 10.4. The Morgan fingerprint density at radius 1 is 1.08 bits per heavy atom. The van der Waals surface area contributed by atoms with Gasteiger partial charge >= 0.3 is 6.18 Å². The van der Waals surface area contributed by atoms with Gasteiger partial charge in [-0.25, -0.2) is 9.97 Å². The number of piperazine rings is 1. The Kier molecular flexibility index (Phi) is 3.79. The number of fused-ring (bicyclic) bond motifs is 1. The number of rotatable bonds is 2. The number of alkyl halides is 3. The highest BCUT2D eigenvalue weighted by Crippen LogP contribution is 2.38. The van der Waals surface area contributed by atoms with Crippen molar-refractivity contribution >= 4 is 16.9 Å². The van der Waals surface area contributed by atoms with Crippen LogP contribution in [0.5, 0.6) is 0 Å². The second kappa shape index (κ2) is 5.99. The minimum absolute atomic E-state index is 0.154. The largest absolute Gasteiger partial charge is 0.418 e. The zero-order chi connectivity index (χ0) is 17.4. The fourth-order valence-electron chi connectivity index (χ4n) is 2.97. The summed E-state index contributed by atoms with van der Waals surface area (Å²) in [5.74, 6) is 0.524. The monoisotopic (exact) mass is 348 g/mol. The van der Waals surface area contributed by atoms with E-state index in [9.17, 15) is 13.2 Å². The third-order valence-corrected chi connectivity index (χ3v) is 4.19. The van der Waals surface area contributed by atoms with Crippen molar-refractivity contribution in [2.75, 3.05) is 31.1 Å². The van der Waals surface area contributed by atoms with Crippen molar-refractivity contribution in [2.24, 2.45) is 0 Å². The number of pyridine rings is 2. The summed E-state index contributed by atoms with van der Waals surface area (Å²) in [4.78, 5) is 10.4. The van der Waals surface area contributed by atoms with Gasteiger partial charge in [0.05, 0.1) is 11.3 Å². The summed E-state index contributed by atoms with van der Waals surface area (Å²) in [6.07, 6.45) is -2.97. The summed E-state index contributed by atoms with van der Waals surface area (Å²) in [6.45, 7) is 2.94. The Bertz CT molecular complexity index is 898. The van der Waals surface area contributed by atoms with Gasteiger partial charge in [0.1, 0.15) is 11.5 Å². The van der Waals surface area contributed by atoms with Crippen molar-refractivity contribution in [1.82, 2.24) is 25.5 Å². The first-order valence-electron chi connectivity index (χ1n) is 7.87. The maximum atomic E-state index is 13.5. The third-order valence-electron chi connectivity index (χ3n) is 4.19. The van der Waals surface area contributed by atoms with Crippen LogP contribution >= 0.6 is 0 Å². The van der Waals surface area contributed by atoms with Gasteiger partial charge in [-0.3, -0.25) is 5.10 Å². The molecule has 9 heteroatoms. The lowest BCUT2D eigenvalue weighted by Crippen LogP contribution is -2.44. The first-order chi connectivity index (χ1) is 12.0. The number of hydrogen-bond donors (Lipinski definition) is 2. The molecule has 1 aliphatic heterocycles. The summed E-state index contributed by atoms with van der Waals surface area (Å²) in [5.41, 5.74) is -0.354. The van der Waals surface area contributed by atoms with Crippen molar-refractivity contribution in [3.05, 3.63) is 36.0 Å². The van der Waals surface area contributed by atoms with Gasteiger partial charge in [-0.05, 0) is 24.3 Å². The minimum Gasteiger partial charge on any atom is -0.354 e. The number of aromatic nitrogens is 4. The van der Waals surface area contributed by atoms with E-state index in [0.29, 0.717) is 29.9 Å². The van der Waals surface area contributed by atoms with Gasteiger partial charge in [-0.2, -0.15) is 18.3 Å². The summed E-state index contributed by atoms with van der Waals surface area (Å²) >= 11 is 0. The van der Waals surface area contributed by atoms with E-state index >= 15 is 0 Å². The molecule has 4 heterocycles. The standard InChI is InChI=1S/C16H15F3N6/c17-16(18,19)11-3-4-12(25-8-6-20-7-9-25)22-14(11)13-10-2-1-5-21-15(10)24-23-13/h1-5,20H,6-9H2,(H,21,23,24). The molecule has 1 saturated heterocycles. The minimum atomic E-state index is -4.51. The highest BCUT2D eigenvalue weighted by atomic mass is 19.4. The van der Waals surface area contributed by atoms with Crippen LogP contribution in [0, 0.1) is 0 Å². The predicted octanol–water partition coefficient (Wildman–Crippen LogP) is 2.45. The number of anilines is 1. The van der Waals surface area contributed by atoms with Crippen LogP contribution in [0.4, 0.5) is 19.0 Å². The molecule has 1 fully saturated rings. The molecule has 0 bridgehead atoms. The van der Waals surface area contributed by atoms with Gasteiger partial charge in [-0.1, -0.05) is 0 Å². The van der Waals surface area contributed by atoms with E-state index in [1.807, 2.05) is 4.90 Å². The van der Waals surface area contributed by atoms with Gasteiger partial charge in [0, 0.05) is 37.8 Å². The fraction of sp³-hybridized carbons (Fsp3) is 0.312. The maximum Gasteiger partial charge on any atom is 0.418 e. The molecular weight excluding hydrogens is 333 g/mol. The molecule has 3 aromatic rings. The number of nitrogens with zero attached hydrogens (tertiary/aromatic N) is 4. The molecule has 1 aliphatic rings. The SMILES string of the molecule is FC(F)(F)c1ccc(N2CCNCC2)nc1-c1[nH]nc2ncccc12. The quantitative estimate of drug-likeness (QED) is 0.744. The van der Waals surface area contributed by atoms with Crippen LogP contribution in [-0.2, 0) is 6.18 Å². The van der Waals surface area contributed by atoms with Crippen molar-refractivity contribution in [3.8, 4) is 11.4 Å². The molecule has 130 valence electrons. The Hall–Kier alpha value is -2.68. The van der Waals surface area contributed by atoms with E-state index in [0.717, 1.165) is 19.2 Å². The van der Waals surface area contributed by atoms with E-state index in [1.54, 1.807) is 18.3 Å². The maximum absolute atomic E-state index is 13.5. The van der Waals surface area contributed by atoms with Gasteiger partial charge in [0.2, 0.25) is 0 Å². The number of nitrogens with one attached hydrogen (secondary N) is 2. The summed E-state index contributed by atoms with van der Waals surface area (Å²) < 4.78 is 40.5. The highest BCUT2D eigenvalue weighted by molar-refractivity contribution is 5.90. The topological polar surface area (TPSA) is 69.7 Å². The third kappa shape index (κ3) is 2.91. The zero-order valence-electron chi connectivity index (χ0n) is 13.1. The van der Waals surface area contributed by atoms with Gasteiger partial charge < -0.3 is 10.2 Å². The van der Waals surface area contributed by atoms with Gasteiger partial charge in [0.15, 0.2) is 5.65 Å². The fourth-order valence-corrected chi connectivity index (χ4v) is 2.97. The van der Waals surface area contributed by atoms with Crippen LogP contribution in [-0.4, -0.2) is 46.3 Å². The van der Waals surface area contributed by atoms with Crippen molar-refractivity contribution in [3.63, 3.8) is 0 Å². The molecule has 0 radical (unpaired) electrons. The molecule has 0 spiro atoms. The molecule has 2 N–H and O–H groups in total. The molecule has 0 saturated carbocycles. The number of halogens is 3. The summed E-state index contributed by atoms with van der Waals surface area (Å²) in [6, 6.07) is 5.85. The summed E-state index contributed by atoms with van der Waals surface area (Å²) in [7, 11) is 0. The Morgan fingerprint density at radius 2 is 1.88 bits per heavy atom. The second-order valence-corrected chi connectivity index (χ2v) is 5.77. The van der Waals surface area contributed by atoms with Crippen molar-refractivity contribution in [2.45, 2.75) is 6.18 Å². The molecule has 6 nitrogen and oxygen atoms in total. The first kappa shape index (κ1) is 15.8. The molecule has 4 rings (SSSR count). The van der Waals surface area contributed by atoms with Crippen LogP contribution in [0.3, 0.4) is 0 Å². The Morgan fingerprint density at radius 3 is 2.64 bits per heavy atom. The van der Waals surface area contributed by atoms with Crippen LogP contribution in [0.2, 0.25) is 0 Å². The van der Waals surface area contributed by atoms with Crippen LogP contribution in [0.1, 0.15) is 5.56 Å². The van der Waals surface area contributed by atoms with Crippen LogP contribution in [0.15, 0.2) is 30.5 Å². The van der Waals surface area contributed by atoms with E-state index in [-0.39, 0.29) is 11.4 Å². The van der Waals surface area contributed by atoms with E-state index in [1.165, 1.54) is 6.07 Å². The molecule has 0 amide bonds. The average Bonchev–Trinajstić information content (AvgIpc) is 3.05. The molecule has 3 aromatic heterocycles. The zero-order valence-corrected chi connectivity index (χ0v) is 13.1. The van der Waals surface area contributed by atoms with Crippen molar-refractivity contribution < 1.29 is 13.2 Å². The highest BCUT2D eigenvalue weighted by Gasteiger charge is 2.36. The van der Waals surface area contributed by atoms with Crippen molar-refractivity contribution in [1.29, 1.82) is 0 Å². The molecule has 0 atom stereocenters. The van der Waals surface area contributed by atoms with E-state index < -0.39 is 11.7 Å². The lowest BCUT2D eigenvalue weighted by molar-refractivity contribution is -0.137. The Balaban J connectivity index is 1.88. The molecule has 0 aromatic carbocycles. The molecule has 25 heavy (non-hydrogen) atoms. The lowest BCUT2D eigenvalue weighted by atomic mass is 10.1. The normalized spacial score (nSPS) is 15.7. The van der Waals surface area contributed by atoms with E-state index in [2.05, 4.69) is 25.5 Å². The Labute approximate surface area is 141 Å². The smallest absolute Gasteiger partial charge is 0.354 e. The van der Waals surface area contributed by atoms with E-state index in [4.69, 9.17) is 0 Å². The van der Waals surface area contributed by atoms with Gasteiger partial charge in [0.25, 0.3) is 0 Å². The van der Waals surface area contributed by atoms with Crippen LogP contribution in [0.25, 0.3) is 22.4 Å². The van der Waals surface area contributed by atoms with Gasteiger partial charge in [-0.15, -0.1) is 0 Å². The predicted molar refractivity (Wildman–Crippen MR) is 87.2 cm³/mol.